The molecule has 1 fully saturated rings. The molecule has 3 amide bonds. The van der Waals surface area contributed by atoms with Gasteiger partial charge in [-0.3, -0.25) is 14.4 Å². The number of likely N-dealkylation sites (tertiary alicyclic amines) is 1. The Morgan fingerprint density at radius 2 is 1.40 bits per heavy atom. The molecule has 312 valence electrons. The number of halogens is 7. The van der Waals surface area contributed by atoms with Gasteiger partial charge in [0.2, 0.25) is 11.8 Å². The molecule has 0 aromatic heterocycles. The number of carbonyl (C=O) groups is 4. The first-order chi connectivity index (χ1) is 26.0. The third-order valence-corrected chi connectivity index (χ3v) is 9.94. The van der Waals surface area contributed by atoms with E-state index in [9.17, 15) is 49.9 Å². The second-order valence-electron chi connectivity index (χ2n) is 15.7. The van der Waals surface area contributed by atoms with Gasteiger partial charge in [-0.1, -0.05) is 30.2 Å². The molecule has 3 atom stereocenters. The van der Waals surface area contributed by atoms with E-state index in [1.165, 1.54) is 33.0 Å². The molecule has 1 aliphatic rings. The van der Waals surface area contributed by atoms with Crippen LogP contribution in [0.1, 0.15) is 96.6 Å². The summed E-state index contributed by atoms with van der Waals surface area (Å²) in [4.78, 5) is 56.8. The highest BCUT2D eigenvalue weighted by Crippen LogP contribution is 2.42. The molecule has 15 heteroatoms. The lowest BCUT2D eigenvalue weighted by Gasteiger charge is -2.33. The molecule has 3 rings (SSSR count). The zero-order valence-corrected chi connectivity index (χ0v) is 34.0. The lowest BCUT2D eigenvalue weighted by molar-refractivity contribution is -0.151. The molecule has 2 aromatic carbocycles. The molecule has 57 heavy (non-hydrogen) atoms. The number of hydrogen-bond acceptors (Lipinski definition) is 6. The summed E-state index contributed by atoms with van der Waals surface area (Å²) in [6.45, 7) is 15.5. The molecule has 0 aliphatic carbocycles. The SMILES string of the molecule is CCC(C)=CC(=C(C=C(C)C1C(C(=O)OC)C(=O)N(C(=O)OC(C)(C)C)C1C)c1ccc(F)cc1C)N(C)C(=O)C(C)(C)c1cc(C(F)(F)F)cc(C(F)(F)F)c1. The smallest absolute Gasteiger partial charge is 0.417 e. The van der Waals surface area contributed by atoms with Crippen LogP contribution in [0.15, 0.2) is 65.4 Å². The average Bonchev–Trinajstić information content (AvgIpc) is 3.36. The summed E-state index contributed by atoms with van der Waals surface area (Å²) in [7, 11) is 2.39. The Morgan fingerprint density at radius 3 is 1.86 bits per heavy atom. The number of likely N-dealkylation sites (N-methyl/N-ethyl adjacent to an activating group) is 1. The van der Waals surface area contributed by atoms with E-state index in [0.717, 1.165) is 23.0 Å². The van der Waals surface area contributed by atoms with Gasteiger partial charge in [-0.25, -0.2) is 14.1 Å². The molecule has 0 spiro atoms. The van der Waals surface area contributed by atoms with E-state index < -0.39 is 87.6 Å². The van der Waals surface area contributed by atoms with E-state index in [-0.39, 0.29) is 17.3 Å². The minimum Gasteiger partial charge on any atom is -0.468 e. The van der Waals surface area contributed by atoms with Crippen LogP contribution in [0.4, 0.5) is 35.5 Å². The standard InChI is InChI=1S/C42H49F7N2O6/c1-13-22(2)16-32(50(11)37(54)40(9,10)26-19-27(41(44,45)46)21-28(20-26)42(47,48)49)31(30-15-14-29(43)17-23(30)3)18-24(4)33-25(5)51(38(55)57-39(6,7)8)35(52)34(33)36(53)56-12/h14-21,25,33-34H,13H2,1-12H3. The zero-order valence-electron chi connectivity index (χ0n) is 34.0. The maximum Gasteiger partial charge on any atom is 0.417 e. The van der Waals surface area contributed by atoms with Crippen molar-refractivity contribution in [2.75, 3.05) is 14.2 Å². The number of imide groups is 1. The predicted molar refractivity (Wildman–Crippen MR) is 200 cm³/mol. The third kappa shape index (κ3) is 10.3. The van der Waals surface area contributed by atoms with Crippen LogP contribution in [-0.4, -0.2) is 59.5 Å². The summed E-state index contributed by atoms with van der Waals surface area (Å²) >= 11 is 0. The zero-order chi connectivity index (χ0) is 43.7. The summed E-state index contributed by atoms with van der Waals surface area (Å²) in [5, 5.41) is 0. The Labute approximate surface area is 328 Å². The second-order valence-corrected chi connectivity index (χ2v) is 15.7. The van der Waals surface area contributed by atoms with Crippen molar-refractivity contribution in [3.05, 3.63) is 99.0 Å². The van der Waals surface area contributed by atoms with Gasteiger partial charge in [0.05, 0.1) is 29.3 Å². The van der Waals surface area contributed by atoms with Gasteiger partial charge in [0, 0.05) is 24.6 Å². The molecular formula is C42H49F7N2O6. The molecule has 1 saturated heterocycles. The van der Waals surface area contributed by atoms with Gasteiger partial charge in [-0.15, -0.1) is 0 Å². The first kappa shape index (κ1) is 46.4. The molecule has 0 bridgehead atoms. The van der Waals surface area contributed by atoms with Gasteiger partial charge in [0.25, 0.3) is 0 Å². The third-order valence-electron chi connectivity index (χ3n) is 9.94. The van der Waals surface area contributed by atoms with E-state index in [0.29, 0.717) is 40.8 Å². The van der Waals surface area contributed by atoms with Crippen molar-refractivity contribution in [2.24, 2.45) is 11.8 Å². The number of carbonyl (C=O) groups excluding carboxylic acids is 4. The summed E-state index contributed by atoms with van der Waals surface area (Å²) in [6.07, 6.45) is -7.71. The highest BCUT2D eigenvalue weighted by molar-refractivity contribution is 6.06. The van der Waals surface area contributed by atoms with Gasteiger partial charge >= 0.3 is 24.4 Å². The van der Waals surface area contributed by atoms with Crippen LogP contribution >= 0.6 is 0 Å². The molecule has 0 radical (unpaired) electrons. The van der Waals surface area contributed by atoms with Gasteiger partial charge in [0.1, 0.15) is 17.3 Å². The molecule has 0 saturated carbocycles. The normalized spacial score (nSPS) is 19.0. The largest absolute Gasteiger partial charge is 0.468 e. The van der Waals surface area contributed by atoms with Crippen molar-refractivity contribution in [3.8, 4) is 0 Å². The number of amides is 3. The van der Waals surface area contributed by atoms with Crippen molar-refractivity contribution in [1.82, 2.24) is 9.80 Å². The number of benzene rings is 2. The Balaban J connectivity index is 2.43. The monoisotopic (exact) mass is 810 g/mol. The lowest BCUT2D eigenvalue weighted by Crippen LogP contribution is -2.42. The average molecular weight is 811 g/mol. The Bertz CT molecular complexity index is 1970. The van der Waals surface area contributed by atoms with E-state index in [1.54, 1.807) is 60.6 Å². The van der Waals surface area contributed by atoms with E-state index in [4.69, 9.17) is 9.47 Å². The van der Waals surface area contributed by atoms with Gasteiger partial charge in [0.15, 0.2) is 0 Å². The molecule has 1 aliphatic heterocycles. The lowest BCUT2D eigenvalue weighted by atomic mass is 9.80. The first-order valence-electron chi connectivity index (χ1n) is 18.1. The van der Waals surface area contributed by atoms with E-state index in [1.807, 2.05) is 6.92 Å². The summed E-state index contributed by atoms with van der Waals surface area (Å²) in [5.41, 5.74) is -4.62. The van der Waals surface area contributed by atoms with Crippen molar-refractivity contribution < 1.29 is 59.4 Å². The highest BCUT2D eigenvalue weighted by atomic mass is 19.4. The van der Waals surface area contributed by atoms with E-state index in [2.05, 4.69) is 0 Å². The van der Waals surface area contributed by atoms with Crippen LogP contribution in [-0.2, 0) is 41.6 Å². The van der Waals surface area contributed by atoms with Crippen LogP contribution in [0.5, 0.6) is 0 Å². The number of nitrogens with zero attached hydrogens (tertiary/aromatic N) is 2. The van der Waals surface area contributed by atoms with Crippen molar-refractivity contribution in [3.63, 3.8) is 0 Å². The predicted octanol–water partition coefficient (Wildman–Crippen LogP) is 10.2. The fourth-order valence-electron chi connectivity index (χ4n) is 6.73. The van der Waals surface area contributed by atoms with Crippen LogP contribution in [0.2, 0.25) is 0 Å². The quantitative estimate of drug-likeness (QED) is 0.108. The first-order valence-corrected chi connectivity index (χ1v) is 18.1. The number of ether oxygens (including phenoxy) is 2. The molecule has 1 heterocycles. The van der Waals surface area contributed by atoms with Gasteiger partial charge in [-0.2, -0.15) is 26.3 Å². The molecular weight excluding hydrogens is 761 g/mol. The van der Waals surface area contributed by atoms with Gasteiger partial charge in [-0.05, 0) is 122 Å². The number of hydrogen-bond donors (Lipinski definition) is 0. The van der Waals surface area contributed by atoms with Crippen LogP contribution in [0.3, 0.4) is 0 Å². The molecule has 3 unspecified atom stereocenters. The van der Waals surface area contributed by atoms with E-state index >= 15 is 0 Å². The number of rotatable bonds is 9. The summed E-state index contributed by atoms with van der Waals surface area (Å²) in [6, 6.07) is 3.84. The number of aryl methyl sites for hydroxylation is 1. The topological polar surface area (TPSA) is 93.2 Å². The minimum atomic E-state index is -5.16. The number of alkyl halides is 6. The van der Waals surface area contributed by atoms with Crippen molar-refractivity contribution >= 4 is 29.5 Å². The Kier molecular flexibility index (Phi) is 13.7. The fraction of sp³-hybridized carbons (Fsp3) is 0.476. The van der Waals surface area contributed by atoms with Crippen LogP contribution < -0.4 is 0 Å². The molecule has 0 N–H and O–H groups in total. The second kappa shape index (κ2) is 16.9. The number of methoxy groups -OCH3 is 1. The van der Waals surface area contributed by atoms with Crippen LogP contribution in [0, 0.1) is 24.6 Å². The maximum absolute atomic E-state index is 14.6. The maximum atomic E-state index is 14.6. The molecule has 8 nitrogen and oxygen atoms in total. The minimum absolute atomic E-state index is 0.0181. The Morgan fingerprint density at radius 1 is 0.877 bits per heavy atom. The fourth-order valence-corrected chi connectivity index (χ4v) is 6.73. The van der Waals surface area contributed by atoms with Gasteiger partial charge < -0.3 is 14.4 Å². The molecule has 2 aromatic rings. The highest BCUT2D eigenvalue weighted by Gasteiger charge is 2.54. The number of esters is 1. The van der Waals surface area contributed by atoms with Crippen molar-refractivity contribution in [2.45, 2.75) is 105 Å². The number of allylic oxidation sites excluding steroid dienone is 4. The summed E-state index contributed by atoms with van der Waals surface area (Å²) < 4.78 is 108. The Hall–Kier alpha value is -4.95. The van der Waals surface area contributed by atoms with Crippen LogP contribution in [0.25, 0.3) is 5.57 Å². The summed E-state index contributed by atoms with van der Waals surface area (Å²) in [5.74, 6) is -5.84. The van der Waals surface area contributed by atoms with Crippen molar-refractivity contribution in [1.29, 1.82) is 0 Å².